The molecule has 0 aliphatic carbocycles. The van der Waals surface area contributed by atoms with Gasteiger partial charge in [0, 0.05) is 22.1 Å². The number of hydrogen-bond donors (Lipinski definition) is 0. The normalized spacial score (nSPS) is 11.7. The quantitative estimate of drug-likeness (QED) is 0.157. The van der Waals surface area contributed by atoms with Crippen molar-refractivity contribution in [2.45, 2.75) is 0 Å². The third kappa shape index (κ3) is 5.50. The Balaban J connectivity index is 1.08. The van der Waals surface area contributed by atoms with Crippen LogP contribution in [0.4, 0.5) is 17.1 Å². The molecule has 2 nitrogen and oxygen atoms in total. The molecule has 0 amide bonds. The van der Waals surface area contributed by atoms with Gasteiger partial charge < -0.3 is 9.32 Å². The molecule has 0 spiro atoms. The first-order valence-electron chi connectivity index (χ1n) is 20.6. The third-order valence-electron chi connectivity index (χ3n) is 12.2. The van der Waals surface area contributed by atoms with E-state index < -0.39 is 0 Å². The molecular weight excluding hydrogens is 727 g/mol. The zero-order valence-electron chi connectivity index (χ0n) is 32.7. The van der Waals surface area contributed by atoms with E-state index in [0.717, 1.165) is 55.3 Å². The Morgan fingerprint density at radius 2 is 0.917 bits per heavy atom. The van der Waals surface area contributed by atoms with E-state index in [-0.39, 0.29) is 0 Å². The molecule has 0 unspecified atom stereocenters. The molecule has 0 saturated heterocycles. The van der Waals surface area contributed by atoms with Crippen LogP contribution in [-0.2, 0) is 0 Å². The molecule has 0 atom stereocenters. The summed E-state index contributed by atoms with van der Waals surface area (Å²) in [7, 11) is 0. The Labute approximate surface area is 347 Å². The first-order chi connectivity index (χ1) is 29.8. The summed E-state index contributed by atoms with van der Waals surface area (Å²) in [5.41, 5.74) is 12.1. The van der Waals surface area contributed by atoms with E-state index >= 15 is 0 Å². The Bertz CT molecular complexity index is 3590. The molecule has 0 aliphatic heterocycles. The van der Waals surface area contributed by atoms with Crippen molar-refractivity contribution in [1.29, 1.82) is 0 Å². The van der Waals surface area contributed by atoms with Crippen molar-refractivity contribution in [3.05, 3.63) is 224 Å². The van der Waals surface area contributed by atoms with E-state index in [0.29, 0.717) is 0 Å². The minimum Gasteiger partial charge on any atom is -0.455 e. The summed E-state index contributed by atoms with van der Waals surface area (Å²) >= 11 is 0. The lowest BCUT2D eigenvalue weighted by Crippen LogP contribution is -2.10. The summed E-state index contributed by atoms with van der Waals surface area (Å²) in [6.07, 6.45) is 0. The van der Waals surface area contributed by atoms with Crippen LogP contribution in [0.1, 0.15) is 0 Å². The van der Waals surface area contributed by atoms with Gasteiger partial charge in [-0.3, -0.25) is 0 Å². The van der Waals surface area contributed by atoms with Gasteiger partial charge in [0.25, 0.3) is 0 Å². The first-order valence-corrected chi connectivity index (χ1v) is 20.6. The van der Waals surface area contributed by atoms with Crippen molar-refractivity contribution < 1.29 is 4.42 Å². The first kappa shape index (κ1) is 34.1. The van der Waals surface area contributed by atoms with Crippen LogP contribution in [0.5, 0.6) is 0 Å². The molecular formula is C58H37NO. The minimum absolute atomic E-state index is 0.862. The Hall–Kier alpha value is -7.94. The standard InChI is InChI=1S/C58H37NO/c1-2-14-38(15-3-1)47-26-11-18-41-19-12-27-48(56(41)47)42-20-10-21-45(36-42)59(54-28-13-29-55-57(54)52-35-32-39-16-4-7-23-49(39)58(52)60-55)44-33-30-40(31-34-44)53-37-43-17-5-6-22-46(43)50-24-8-9-25-51(50)53/h1-37H. The number of fused-ring (bicyclic) bond motifs is 9. The van der Waals surface area contributed by atoms with Crippen LogP contribution in [0, 0.1) is 0 Å². The van der Waals surface area contributed by atoms with Gasteiger partial charge >= 0.3 is 0 Å². The molecule has 0 N–H and O–H groups in total. The number of benzene rings is 11. The molecule has 0 saturated carbocycles. The summed E-state index contributed by atoms with van der Waals surface area (Å²) < 4.78 is 6.75. The Morgan fingerprint density at radius 1 is 0.300 bits per heavy atom. The fourth-order valence-corrected chi connectivity index (χ4v) is 9.48. The summed E-state index contributed by atoms with van der Waals surface area (Å²) in [5, 5.41) is 12.0. The number of nitrogens with zero attached hydrogens (tertiary/aromatic N) is 1. The summed E-state index contributed by atoms with van der Waals surface area (Å²) in [6, 6.07) is 81.2. The SMILES string of the molecule is c1ccc(-c2cccc3cccc(-c4cccc(N(c5ccc(-c6cc7ccccc7c7ccccc67)cc5)c5cccc6oc7c8ccccc8ccc7c56)c4)c23)cc1. The molecule has 1 aromatic heterocycles. The molecule has 0 bridgehead atoms. The van der Waals surface area contributed by atoms with Gasteiger partial charge in [0.15, 0.2) is 0 Å². The van der Waals surface area contributed by atoms with Gasteiger partial charge in [0.05, 0.1) is 11.1 Å². The van der Waals surface area contributed by atoms with Crippen LogP contribution in [0.2, 0.25) is 0 Å². The fraction of sp³-hybridized carbons (Fsp3) is 0. The van der Waals surface area contributed by atoms with Gasteiger partial charge in [0.2, 0.25) is 0 Å². The van der Waals surface area contributed by atoms with Gasteiger partial charge in [-0.2, -0.15) is 0 Å². The molecule has 12 rings (SSSR count). The molecule has 60 heavy (non-hydrogen) atoms. The van der Waals surface area contributed by atoms with Crippen molar-refractivity contribution in [2.75, 3.05) is 4.90 Å². The van der Waals surface area contributed by atoms with Gasteiger partial charge in [-0.15, -0.1) is 0 Å². The van der Waals surface area contributed by atoms with Gasteiger partial charge in [0.1, 0.15) is 11.2 Å². The topological polar surface area (TPSA) is 16.4 Å². The van der Waals surface area contributed by atoms with Crippen molar-refractivity contribution in [3.8, 4) is 33.4 Å². The predicted molar refractivity (Wildman–Crippen MR) is 255 cm³/mol. The van der Waals surface area contributed by atoms with Crippen molar-refractivity contribution >= 4 is 82.1 Å². The largest absolute Gasteiger partial charge is 0.455 e. The van der Waals surface area contributed by atoms with Crippen LogP contribution in [-0.4, -0.2) is 0 Å². The van der Waals surface area contributed by atoms with E-state index in [4.69, 9.17) is 4.42 Å². The van der Waals surface area contributed by atoms with Crippen LogP contribution < -0.4 is 4.90 Å². The maximum atomic E-state index is 6.75. The van der Waals surface area contributed by atoms with E-state index in [2.05, 4.69) is 229 Å². The van der Waals surface area contributed by atoms with Crippen LogP contribution >= 0.6 is 0 Å². The molecule has 11 aromatic carbocycles. The van der Waals surface area contributed by atoms with Gasteiger partial charge in [-0.1, -0.05) is 176 Å². The van der Waals surface area contributed by atoms with E-state index in [1.807, 2.05) is 0 Å². The highest BCUT2D eigenvalue weighted by atomic mass is 16.3. The zero-order chi connectivity index (χ0) is 39.6. The number of rotatable bonds is 6. The third-order valence-corrected chi connectivity index (χ3v) is 12.2. The molecule has 0 radical (unpaired) electrons. The maximum absolute atomic E-state index is 6.75. The Morgan fingerprint density at radius 3 is 1.73 bits per heavy atom. The smallest absolute Gasteiger partial charge is 0.143 e. The lowest BCUT2D eigenvalue weighted by atomic mass is 9.91. The second-order valence-electron chi connectivity index (χ2n) is 15.6. The molecule has 12 aromatic rings. The highest BCUT2D eigenvalue weighted by Gasteiger charge is 2.22. The van der Waals surface area contributed by atoms with E-state index in [1.165, 1.54) is 60.1 Å². The van der Waals surface area contributed by atoms with Crippen molar-refractivity contribution in [3.63, 3.8) is 0 Å². The summed E-state index contributed by atoms with van der Waals surface area (Å²) in [4.78, 5) is 2.40. The average molecular weight is 764 g/mol. The van der Waals surface area contributed by atoms with Gasteiger partial charge in [-0.05, 0) is 120 Å². The molecule has 1 heterocycles. The zero-order valence-corrected chi connectivity index (χ0v) is 32.7. The number of hydrogen-bond acceptors (Lipinski definition) is 2. The average Bonchev–Trinajstić information content (AvgIpc) is 3.72. The van der Waals surface area contributed by atoms with Crippen LogP contribution in [0.15, 0.2) is 229 Å². The van der Waals surface area contributed by atoms with Crippen molar-refractivity contribution in [2.24, 2.45) is 0 Å². The molecule has 2 heteroatoms. The van der Waals surface area contributed by atoms with Crippen LogP contribution in [0.25, 0.3) is 98.4 Å². The second kappa shape index (κ2) is 13.9. The monoisotopic (exact) mass is 763 g/mol. The summed E-state index contributed by atoms with van der Waals surface area (Å²) in [5.74, 6) is 0. The lowest BCUT2D eigenvalue weighted by Gasteiger charge is -2.27. The van der Waals surface area contributed by atoms with E-state index in [1.54, 1.807) is 0 Å². The minimum atomic E-state index is 0.862. The highest BCUT2D eigenvalue weighted by molar-refractivity contribution is 6.20. The van der Waals surface area contributed by atoms with Gasteiger partial charge in [-0.25, -0.2) is 0 Å². The summed E-state index contributed by atoms with van der Waals surface area (Å²) in [6.45, 7) is 0. The molecule has 0 aliphatic rings. The predicted octanol–water partition coefficient (Wildman–Crippen LogP) is 16.7. The van der Waals surface area contributed by atoms with Crippen LogP contribution in [0.3, 0.4) is 0 Å². The lowest BCUT2D eigenvalue weighted by molar-refractivity contribution is 0.672. The number of anilines is 3. The number of furan rings is 1. The van der Waals surface area contributed by atoms with Crippen molar-refractivity contribution in [1.82, 2.24) is 0 Å². The second-order valence-corrected chi connectivity index (χ2v) is 15.6. The Kier molecular flexibility index (Phi) is 7.89. The van der Waals surface area contributed by atoms with E-state index in [9.17, 15) is 0 Å². The molecule has 280 valence electrons. The molecule has 0 fully saturated rings. The highest BCUT2D eigenvalue weighted by Crippen LogP contribution is 2.46. The maximum Gasteiger partial charge on any atom is 0.143 e. The fourth-order valence-electron chi connectivity index (χ4n) is 9.48.